The van der Waals surface area contributed by atoms with Gasteiger partial charge in [-0.2, -0.15) is 5.26 Å². The van der Waals surface area contributed by atoms with Crippen LogP contribution in [0.4, 0.5) is 0 Å². The molecule has 0 atom stereocenters. The number of aryl methyl sites for hydroxylation is 2. The average molecular weight is 376 g/mol. The van der Waals surface area contributed by atoms with Crippen LogP contribution in [0.1, 0.15) is 62.3 Å². The number of aromatic nitrogens is 2. The Morgan fingerprint density at radius 2 is 2.16 bits per heavy atom. The van der Waals surface area contributed by atoms with Crippen LogP contribution in [0.5, 0.6) is 0 Å². The third kappa shape index (κ3) is 4.09. The van der Waals surface area contributed by atoms with E-state index >= 15 is 0 Å². The summed E-state index contributed by atoms with van der Waals surface area (Å²) in [5, 5.41) is 10.4. The summed E-state index contributed by atoms with van der Waals surface area (Å²) in [6.07, 6.45) is 9.12. The van der Waals surface area contributed by atoms with Gasteiger partial charge in [-0.3, -0.25) is 9.36 Å². The highest BCUT2D eigenvalue weighted by atomic mass is 32.2. The zero-order valence-corrected chi connectivity index (χ0v) is 16.5. The molecule has 25 heavy (non-hydrogen) atoms. The molecule has 0 N–H and O–H groups in total. The van der Waals surface area contributed by atoms with Gasteiger partial charge < -0.3 is 0 Å². The van der Waals surface area contributed by atoms with Gasteiger partial charge in [0.25, 0.3) is 5.56 Å². The molecule has 1 aliphatic carbocycles. The minimum Gasteiger partial charge on any atom is -0.287 e. The lowest BCUT2D eigenvalue weighted by molar-refractivity contribution is 0.542. The summed E-state index contributed by atoms with van der Waals surface area (Å²) in [7, 11) is 0. The van der Waals surface area contributed by atoms with Gasteiger partial charge in [0.2, 0.25) is 0 Å². The quantitative estimate of drug-likeness (QED) is 0.354. The molecule has 1 aliphatic rings. The SMILES string of the molecule is CCCCCn1c(SCCCCC#N)nc2sc3c(c2c1=O)CCC3. The van der Waals surface area contributed by atoms with Crippen molar-refractivity contribution in [3.05, 3.63) is 20.8 Å². The van der Waals surface area contributed by atoms with Gasteiger partial charge in [0.05, 0.1) is 11.5 Å². The third-order valence-corrected chi connectivity index (χ3v) is 6.94. The Kier molecular flexibility index (Phi) is 6.55. The molecule has 0 bridgehead atoms. The first-order valence-electron chi connectivity index (χ1n) is 9.31. The van der Waals surface area contributed by atoms with Crippen molar-refractivity contribution in [3.63, 3.8) is 0 Å². The largest absolute Gasteiger partial charge is 0.287 e. The first kappa shape index (κ1) is 18.5. The molecule has 0 unspecified atom stereocenters. The van der Waals surface area contributed by atoms with Crippen LogP contribution in [0.3, 0.4) is 0 Å². The third-order valence-electron chi connectivity index (χ3n) is 4.69. The van der Waals surface area contributed by atoms with Gasteiger partial charge in [-0.1, -0.05) is 31.5 Å². The van der Waals surface area contributed by atoms with Gasteiger partial charge in [-0.05, 0) is 44.1 Å². The van der Waals surface area contributed by atoms with Crippen molar-refractivity contribution in [2.24, 2.45) is 0 Å². The van der Waals surface area contributed by atoms with Crippen LogP contribution >= 0.6 is 23.1 Å². The van der Waals surface area contributed by atoms with E-state index in [0.717, 1.165) is 72.6 Å². The summed E-state index contributed by atoms with van der Waals surface area (Å²) in [6, 6.07) is 2.19. The van der Waals surface area contributed by atoms with Crippen LogP contribution in [-0.4, -0.2) is 15.3 Å². The van der Waals surface area contributed by atoms with Crippen molar-refractivity contribution in [1.29, 1.82) is 5.26 Å². The minimum absolute atomic E-state index is 0.167. The molecular weight excluding hydrogens is 350 g/mol. The first-order valence-corrected chi connectivity index (χ1v) is 11.1. The van der Waals surface area contributed by atoms with Crippen molar-refractivity contribution in [2.75, 3.05) is 5.75 Å². The number of hydrogen-bond acceptors (Lipinski definition) is 5. The second-order valence-electron chi connectivity index (χ2n) is 6.56. The molecule has 4 nitrogen and oxygen atoms in total. The molecule has 134 valence electrons. The lowest BCUT2D eigenvalue weighted by Crippen LogP contribution is -2.23. The summed E-state index contributed by atoms with van der Waals surface area (Å²) in [4.78, 5) is 20.4. The molecule has 2 aromatic rings. The highest BCUT2D eigenvalue weighted by molar-refractivity contribution is 7.99. The zero-order chi connectivity index (χ0) is 17.6. The van der Waals surface area contributed by atoms with E-state index in [1.807, 2.05) is 4.57 Å². The van der Waals surface area contributed by atoms with E-state index in [-0.39, 0.29) is 5.56 Å². The molecule has 6 heteroatoms. The number of fused-ring (bicyclic) bond motifs is 3. The van der Waals surface area contributed by atoms with Gasteiger partial charge in [-0.15, -0.1) is 11.3 Å². The summed E-state index contributed by atoms with van der Waals surface area (Å²) in [5.41, 5.74) is 1.44. The normalized spacial score (nSPS) is 13.3. The maximum absolute atomic E-state index is 13.2. The van der Waals surface area contributed by atoms with Crippen LogP contribution in [0.15, 0.2) is 9.95 Å². The molecule has 0 radical (unpaired) electrons. The number of thiophene rings is 1. The molecule has 2 aromatic heterocycles. The molecule has 3 rings (SSSR count). The van der Waals surface area contributed by atoms with E-state index < -0.39 is 0 Å². The van der Waals surface area contributed by atoms with Crippen LogP contribution in [0, 0.1) is 11.3 Å². The van der Waals surface area contributed by atoms with Gasteiger partial charge in [-0.25, -0.2) is 4.98 Å². The maximum Gasteiger partial charge on any atom is 0.263 e. The molecule has 2 heterocycles. The molecule has 0 aromatic carbocycles. The molecule has 0 saturated carbocycles. The molecule has 0 saturated heterocycles. The predicted octanol–water partition coefficient (Wildman–Crippen LogP) is 4.92. The van der Waals surface area contributed by atoms with E-state index in [9.17, 15) is 4.79 Å². The van der Waals surface area contributed by atoms with Crippen LogP contribution in [0.25, 0.3) is 10.2 Å². The number of hydrogen-bond donors (Lipinski definition) is 0. The standard InChI is InChI=1S/C19H25N3OS2/c1-2-3-6-12-22-18(23)16-14-9-8-10-15(14)25-17(16)21-19(22)24-13-7-4-5-11-20/h2-10,12-13H2,1H3. The lowest BCUT2D eigenvalue weighted by atomic mass is 10.2. The predicted molar refractivity (Wildman–Crippen MR) is 106 cm³/mol. The second kappa shape index (κ2) is 8.86. The summed E-state index contributed by atoms with van der Waals surface area (Å²) < 4.78 is 1.91. The Hall–Kier alpha value is -1.32. The lowest BCUT2D eigenvalue weighted by Gasteiger charge is -2.12. The summed E-state index contributed by atoms with van der Waals surface area (Å²) in [5.74, 6) is 0.915. The maximum atomic E-state index is 13.2. The smallest absolute Gasteiger partial charge is 0.263 e. The highest BCUT2D eigenvalue weighted by Gasteiger charge is 2.23. The van der Waals surface area contributed by atoms with Crippen molar-refractivity contribution in [2.45, 2.75) is 76.4 Å². The van der Waals surface area contributed by atoms with Gasteiger partial charge >= 0.3 is 0 Å². The van der Waals surface area contributed by atoms with Crippen LogP contribution in [0.2, 0.25) is 0 Å². The Morgan fingerprint density at radius 3 is 2.96 bits per heavy atom. The molecule has 0 fully saturated rings. The molecule has 0 aliphatic heterocycles. The van der Waals surface area contributed by atoms with Gasteiger partial charge in [0.15, 0.2) is 5.16 Å². The monoisotopic (exact) mass is 375 g/mol. The van der Waals surface area contributed by atoms with Crippen LogP contribution in [-0.2, 0) is 19.4 Å². The minimum atomic E-state index is 0.167. The van der Waals surface area contributed by atoms with E-state index in [1.54, 1.807) is 23.1 Å². The Balaban J connectivity index is 1.89. The van der Waals surface area contributed by atoms with E-state index in [4.69, 9.17) is 10.2 Å². The van der Waals surface area contributed by atoms with Crippen molar-refractivity contribution in [3.8, 4) is 6.07 Å². The Bertz CT molecular complexity index is 832. The summed E-state index contributed by atoms with van der Waals surface area (Å²) >= 11 is 3.39. The second-order valence-corrected chi connectivity index (χ2v) is 8.71. The average Bonchev–Trinajstić information content (AvgIpc) is 3.17. The Morgan fingerprint density at radius 1 is 1.28 bits per heavy atom. The fraction of sp³-hybridized carbons (Fsp3) is 0.632. The fourth-order valence-electron chi connectivity index (χ4n) is 3.36. The number of nitriles is 1. The van der Waals surface area contributed by atoms with Gasteiger partial charge in [0.1, 0.15) is 4.83 Å². The topological polar surface area (TPSA) is 58.7 Å². The van der Waals surface area contributed by atoms with Gasteiger partial charge in [0, 0.05) is 23.6 Å². The van der Waals surface area contributed by atoms with Crippen molar-refractivity contribution in [1.82, 2.24) is 9.55 Å². The van der Waals surface area contributed by atoms with Crippen LogP contribution < -0.4 is 5.56 Å². The number of unbranched alkanes of at least 4 members (excludes halogenated alkanes) is 4. The zero-order valence-electron chi connectivity index (χ0n) is 14.8. The van der Waals surface area contributed by atoms with Crippen molar-refractivity contribution >= 4 is 33.3 Å². The number of thioether (sulfide) groups is 1. The van der Waals surface area contributed by atoms with E-state index in [1.165, 1.54) is 16.9 Å². The number of rotatable bonds is 9. The number of nitrogens with zero attached hydrogens (tertiary/aromatic N) is 3. The first-order chi connectivity index (χ1) is 12.3. The van der Waals surface area contributed by atoms with E-state index in [2.05, 4.69) is 13.0 Å². The molecule has 0 spiro atoms. The molecule has 0 amide bonds. The highest BCUT2D eigenvalue weighted by Crippen LogP contribution is 2.35. The molecular formula is C19H25N3OS2. The Labute approximate surface area is 157 Å². The van der Waals surface area contributed by atoms with Crippen molar-refractivity contribution < 1.29 is 0 Å². The fourth-order valence-corrected chi connectivity index (χ4v) is 5.68. The van der Waals surface area contributed by atoms with E-state index in [0.29, 0.717) is 6.42 Å². The summed E-state index contributed by atoms with van der Waals surface area (Å²) in [6.45, 7) is 2.95.